The second kappa shape index (κ2) is 19.1. The zero-order valence-corrected chi connectivity index (χ0v) is 31.0. The normalized spacial score (nSPS) is 29.5. The number of rotatable bonds is 15. The lowest BCUT2D eigenvalue weighted by Gasteiger charge is -2.48. The molecule has 0 radical (unpaired) electrons. The summed E-state index contributed by atoms with van der Waals surface area (Å²) < 4.78 is 62.4. The fraction of sp³-hybridized carbons (Fsp3) is 0.774. The van der Waals surface area contributed by atoms with Gasteiger partial charge in [0.2, 0.25) is 0 Å². The first kappa shape index (κ1) is 42.5. The van der Waals surface area contributed by atoms with Gasteiger partial charge in [-0.1, -0.05) is 19.6 Å². The summed E-state index contributed by atoms with van der Waals surface area (Å²) in [5.41, 5.74) is 0. The molecule has 0 aliphatic carbocycles. The summed E-state index contributed by atoms with van der Waals surface area (Å²) in [6, 6.07) is 0.678. The second-order valence-electron chi connectivity index (χ2n) is 12.8. The van der Waals surface area contributed by atoms with Crippen molar-refractivity contribution in [3.63, 3.8) is 0 Å². The molecule has 0 bridgehead atoms. The van der Waals surface area contributed by atoms with E-state index < -0.39 is 124 Å². The first-order valence-corrected chi connectivity index (χ1v) is 19.6. The maximum atomic E-state index is 12.5. The Morgan fingerprint density at radius 1 is 0.480 bits per heavy atom. The van der Waals surface area contributed by atoms with Crippen LogP contribution >= 0.6 is 0 Å². The number of esters is 7. The Morgan fingerprint density at radius 2 is 0.840 bits per heavy atom. The van der Waals surface area contributed by atoms with Crippen LogP contribution in [0.4, 0.5) is 0 Å². The van der Waals surface area contributed by atoms with Gasteiger partial charge in [0.15, 0.2) is 43.1 Å². The van der Waals surface area contributed by atoms with Crippen molar-refractivity contribution in [2.24, 2.45) is 0 Å². The highest BCUT2D eigenvalue weighted by Gasteiger charge is 2.57. The van der Waals surface area contributed by atoms with Crippen LogP contribution in [0.1, 0.15) is 48.5 Å². The summed E-state index contributed by atoms with van der Waals surface area (Å²) in [7, 11) is -1.63. The highest BCUT2D eigenvalue weighted by Crippen LogP contribution is 2.35. The van der Waals surface area contributed by atoms with E-state index in [4.69, 9.17) is 52.1 Å². The standard InChI is InChI=1S/C31H48O18Si/c1-15(32)40-13-22-24(42-17(3)34)26(43-18(4)35)29(46-21(7)38)31(48-22)49-25-23(14-41-16(2)33)47-30(39-11-12-50(8,9)10)28(45-20(6)37)27(25)44-19(5)36/h22-31H,11-14H2,1-10H3/t22-,23-,24+,25+,26+,27+,28-,29-,30-,31+/m1/s1. The molecule has 0 saturated carbocycles. The van der Waals surface area contributed by atoms with Crippen molar-refractivity contribution in [1.82, 2.24) is 0 Å². The fourth-order valence-electron chi connectivity index (χ4n) is 5.09. The molecule has 2 saturated heterocycles. The summed E-state index contributed by atoms with van der Waals surface area (Å²) in [4.78, 5) is 85.3. The summed E-state index contributed by atoms with van der Waals surface area (Å²) in [6.45, 7) is 13.1. The van der Waals surface area contributed by atoms with Crippen LogP contribution in [0.2, 0.25) is 25.7 Å². The first-order valence-electron chi connectivity index (χ1n) is 15.9. The Labute approximate surface area is 290 Å². The van der Waals surface area contributed by atoms with E-state index in [1.807, 2.05) is 0 Å². The van der Waals surface area contributed by atoms with Crippen LogP contribution in [0.15, 0.2) is 0 Å². The zero-order valence-electron chi connectivity index (χ0n) is 30.0. The summed E-state index contributed by atoms with van der Waals surface area (Å²) >= 11 is 0. The van der Waals surface area contributed by atoms with Gasteiger partial charge in [-0.05, 0) is 6.04 Å². The van der Waals surface area contributed by atoms with Crippen LogP contribution in [0.3, 0.4) is 0 Å². The van der Waals surface area contributed by atoms with Gasteiger partial charge in [-0.3, -0.25) is 33.6 Å². The van der Waals surface area contributed by atoms with Gasteiger partial charge in [0.05, 0.1) is 0 Å². The van der Waals surface area contributed by atoms with E-state index in [0.717, 1.165) is 48.5 Å². The largest absolute Gasteiger partial charge is 0.463 e. The minimum atomic E-state index is -1.76. The zero-order chi connectivity index (χ0) is 37.9. The molecule has 2 fully saturated rings. The van der Waals surface area contributed by atoms with E-state index in [1.54, 1.807) is 0 Å². The predicted molar refractivity (Wildman–Crippen MR) is 167 cm³/mol. The molecule has 50 heavy (non-hydrogen) atoms. The van der Waals surface area contributed by atoms with Crippen LogP contribution in [0.25, 0.3) is 0 Å². The third-order valence-electron chi connectivity index (χ3n) is 7.02. The number of ether oxygens (including phenoxy) is 11. The Morgan fingerprint density at radius 3 is 1.26 bits per heavy atom. The maximum Gasteiger partial charge on any atom is 0.303 e. The lowest BCUT2D eigenvalue weighted by atomic mass is 9.96. The monoisotopic (exact) mass is 736 g/mol. The van der Waals surface area contributed by atoms with Gasteiger partial charge in [-0.25, -0.2) is 0 Å². The smallest absolute Gasteiger partial charge is 0.303 e. The number of hydrogen-bond acceptors (Lipinski definition) is 18. The van der Waals surface area contributed by atoms with Gasteiger partial charge in [0.25, 0.3) is 0 Å². The minimum Gasteiger partial charge on any atom is -0.463 e. The predicted octanol–water partition coefficient (Wildman–Crippen LogP) is 0.961. The molecule has 0 spiro atoms. The van der Waals surface area contributed by atoms with Crippen molar-refractivity contribution in [3.8, 4) is 0 Å². The van der Waals surface area contributed by atoms with Crippen molar-refractivity contribution in [1.29, 1.82) is 0 Å². The lowest BCUT2D eigenvalue weighted by Crippen LogP contribution is -2.67. The summed E-state index contributed by atoms with van der Waals surface area (Å²) in [6.07, 6.45) is -15.0. The number of hydrogen-bond donors (Lipinski definition) is 0. The van der Waals surface area contributed by atoms with E-state index in [0.29, 0.717) is 6.04 Å². The highest BCUT2D eigenvalue weighted by atomic mass is 28.3. The summed E-state index contributed by atoms with van der Waals surface area (Å²) in [5, 5.41) is 0. The van der Waals surface area contributed by atoms with Gasteiger partial charge in [-0.15, -0.1) is 0 Å². The molecule has 2 rings (SSSR count). The van der Waals surface area contributed by atoms with E-state index in [1.165, 1.54) is 0 Å². The molecule has 0 N–H and O–H groups in total. The Bertz CT molecular complexity index is 1230. The maximum absolute atomic E-state index is 12.5. The second-order valence-corrected chi connectivity index (χ2v) is 18.5. The van der Waals surface area contributed by atoms with E-state index in [9.17, 15) is 33.6 Å². The molecule has 19 heteroatoms. The lowest BCUT2D eigenvalue weighted by molar-refractivity contribution is -0.360. The molecule has 2 heterocycles. The Balaban J connectivity index is 2.71. The average molecular weight is 737 g/mol. The number of carbonyl (C=O) groups is 7. The van der Waals surface area contributed by atoms with Crippen LogP contribution < -0.4 is 0 Å². The van der Waals surface area contributed by atoms with Gasteiger partial charge < -0.3 is 52.1 Å². The molecule has 0 amide bonds. The average Bonchev–Trinajstić information content (AvgIpc) is 2.95. The van der Waals surface area contributed by atoms with E-state index >= 15 is 0 Å². The third kappa shape index (κ3) is 13.9. The number of carbonyl (C=O) groups excluding carboxylic acids is 7. The summed E-state index contributed by atoms with van der Waals surface area (Å²) in [5.74, 6) is -5.69. The Kier molecular flexibility index (Phi) is 16.2. The highest BCUT2D eigenvalue weighted by molar-refractivity contribution is 6.76. The molecule has 284 valence electrons. The molecule has 2 aliphatic heterocycles. The molecular weight excluding hydrogens is 688 g/mol. The van der Waals surface area contributed by atoms with Gasteiger partial charge in [0, 0.05) is 63.1 Å². The van der Waals surface area contributed by atoms with Crippen molar-refractivity contribution < 1.29 is 85.7 Å². The molecule has 2 aliphatic rings. The van der Waals surface area contributed by atoms with Crippen molar-refractivity contribution in [3.05, 3.63) is 0 Å². The van der Waals surface area contributed by atoms with Gasteiger partial charge >= 0.3 is 41.8 Å². The van der Waals surface area contributed by atoms with Crippen LogP contribution in [-0.2, 0) is 85.7 Å². The first-order chi connectivity index (χ1) is 23.2. The van der Waals surface area contributed by atoms with Gasteiger partial charge in [-0.2, -0.15) is 0 Å². The SMILES string of the molecule is CC(=O)OC[C@H]1O[C@@H](O[C@@H]2[C@H](OC(C)=O)[C@@H](OC(C)=O)[C@H](OCC[Si](C)(C)C)O[C@@H]2COC(C)=O)[C@H](OC(C)=O)[C@@H](OC(C)=O)[C@H]1OC(C)=O. The molecule has 0 unspecified atom stereocenters. The molecule has 0 aromatic rings. The Hall–Kier alpha value is -3.65. The molecular formula is C31H48O18Si. The van der Waals surface area contributed by atoms with Gasteiger partial charge in [0.1, 0.15) is 31.5 Å². The third-order valence-corrected chi connectivity index (χ3v) is 8.72. The minimum absolute atomic E-state index is 0.177. The van der Waals surface area contributed by atoms with Crippen molar-refractivity contribution >= 4 is 49.9 Å². The molecule has 18 nitrogen and oxygen atoms in total. The van der Waals surface area contributed by atoms with Crippen molar-refractivity contribution in [2.45, 2.75) is 136 Å². The molecule has 0 aromatic heterocycles. The van der Waals surface area contributed by atoms with Crippen LogP contribution in [0.5, 0.6) is 0 Å². The fourth-order valence-corrected chi connectivity index (χ4v) is 5.82. The van der Waals surface area contributed by atoms with Crippen LogP contribution in [0, 0.1) is 0 Å². The van der Waals surface area contributed by atoms with E-state index in [2.05, 4.69) is 19.6 Å². The topological polar surface area (TPSA) is 221 Å². The van der Waals surface area contributed by atoms with Crippen molar-refractivity contribution in [2.75, 3.05) is 19.8 Å². The quantitative estimate of drug-likeness (QED) is 0.130. The molecule has 0 aromatic carbocycles. The van der Waals surface area contributed by atoms with E-state index in [-0.39, 0.29) is 6.61 Å². The molecule has 10 atom stereocenters. The van der Waals surface area contributed by atoms with Crippen LogP contribution in [-0.4, -0.2) is 131 Å².